The van der Waals surface area contributed by atoms with Gasteiger partial charge in [-0.25, -0.2) is 0 Å². The van der Waals surface area contributed by atoms with Crippen LogP contribution in [0.5, 0.6) is 11.5 Å². The van der Waals surface area contributed by atoms with Crippen LogP contribution < -0.4 is 19.3 Å². The van der Waals surface area contributed by atoms with Crippen molar-refractivity contribution < 1.29 is 47.6 Å². The lowest BCUT2D eigenvalue weighted by Crippen LogP contribution is -2.50. The number of aryl methyl sites for hydroxylation is 2. The Bertz CT molecular complexity index is 1690. The third-order valence-corrected chi connectivity index (χ3v) is 12.6. The lowest BCUT2D eigenvalue weighted by Gasteiger charge is -2.41. The van der Waals surface area contributed by atoms with Gasteiger partial charge in [0.25, 0.3) is 0 Å². The van der Waals surface area contributed by atoms with Crippen LogP contribution >= 0.6 is 15.9 Å². The fourth-order valence-corrected chi connectivity index (χ4v) is 8.83. The van der Waals surface area contributed by atoms with E-state index in [1.54, 1.807) is 0 Å². The molecule has 0 amide bonds. The Kier molecular flexibility index (Phi) is 18.7. The van der Waals surface area contributed by atoms with Crippen molar-refractivity contribution in [3.8, 4) is 11.5 Å². The van der Waals surface area contributed by atoms with Crippen molar-refractivity contribution in [3.63, 3.8) is 0 Å². The van der Waals surface area contributed by atoms with Crippen LogP contribution in [0.3, 0.4) is 0 Å². The molecule has 2 heterocycles. The van der Waals surface area contributed by atoms with Crippen LogP contribution in [0.15, 0.2) is 36.4 Å². The van der Waals surface area contributed by atoms with Gasteiger partial charge in [0.05, 0.1) is 46.2 Å². The molecule has 2 unspecified atom stereocenters. The first-order valence-corrected chi connectivity index (χ1v) is 22.3. The molecule has 0 radical (unpaired) electrons. The topological polar surface area (TPSA) is 130 Å². The maximum Gasteiger partial charge on any atom is 0.317 e. The Morgan fingerprint density at radius 3 is 1.69 bits per heavy atom. The highest BCUT2D eigenvalue weighted by Gasteiger charge is 2.46. The molecule has 2 aliphatic heterocycles. The lowest BCUT2D eigenvalue weighted by molar-refractivity contribution is -0.155. The maximum absolute atomic E-state index is 13.0. The van der Waals surface area contributed by atoms with Gasteiger partial charge in [0.15, 0.2) is 0 Å². The molecular weight excluding hydrogens is 820 g/mol. The van der Waals surface area contributed by atoms with Gasteiger partial charge in [0, 0.05) is 36.9 Å². The van der Waals surface area contributed by atoms with Gasteiger partial charge in [-0.1, -0.05) is 41.9 Å². The highest BCUT2D eigenvalue weighted by molar-refractivity contribution is 9.09. The summed E-state index contributed by atoms with van der Waals surface area (Å²) in [5.41, 5.74) is 3.63. The van der Waals surface area contributed by atoms with E-state index in [1.807, 2.05) is 18.2 Å². The third-order valence-electron chi connectivity index (χ3n) is 12.2. The largest absolute Gasteiger partial charge is 0.490 e. The molecule has 2 aromatic rings. The summed E-state index contributed by atoms with van der Waals surface area (Å²) in [5.74, 6) is 1.98. The molecule has 59 heavy (non-hydrogen) atoms. The minimum atomic E-state index is -0.918. The van der Waals surface area contributed by atoms with Crippen LogP contribution in [0.1, 0.15) is 95.6 Å². The molecule has 0 N–H and O–H groups in total. The summed E-state index contributed by atoms with van der Waals surface area (Å²) in [6, 6.07) is 13.3. The van der Waals surface area contributed by atoms with Gasteiger partial charge in [-0.3, -0.25) is 19.2 Å². The van der Waals surface area contributed by atoms with Crippen molar-refractivity contribution >= 4 is 51.2 Å². The van der Waals surface area contributed by atoms with Crippen LogP contribution in [0.2, 0.25) is 0 Å². The zero-order chi connectivity index (χ0) is 43.1. The van der Waals surface area contributed by atoms with E-state index in [0.29, 0.717) is 50.0 Å². The number of ether oxygens (including phenoxy) is 6. The predicted molar refractivity (Wildman–Crippen MR) is 233 cm³/mol. The number of fused-ring (bicyclic) bond motifs is 2. The molecule has 0 aromatic heterocycles. The quantitative estimate of drug-likeness (QED) is 0.136. The maximum atomic E-state index is 13.0. The van der Waals surface area contributed by atoms with Gasteiger partial charge >= 0.3 is 23.9 Å². The van der Waals surface area contributed by atoms with E-state index in [2.05, 4.69) is 76.4 Å². The zero-order valence-corrected chi connectivity index (χ0v) is 38.1. The molecule has 13 heteroatoms. The van der Waals surface area contributed by atoms with Crippen molar-refractivity contribution in [1.29, 1.82) is 0 Å². The number of carbonyl (C=O) groups is 4. The molecular formula is C46H67BrN2O10. The minimum Gasteiger partial charge on any atom is -0.490 e. The second kappa shape index (κ2) is 23.1. The van der Waals surface area contributed by atoms with Gasteiger partial charge in [-0.15, -0.1) is 0 Å². The molecule has 2 atom stereocenters. The Morgan fingerprint density at radius 2 is 1.20 bits per heavy atom. The van der Waals surface area contributed by atoms with E-state index in [9.17, 15) is 19.2 Å². The van der Waals surface area contributed by atoms with Crippen LogP contribution in [0.25, 0.3) is 0 Å². The normalized spacial score (nSPS) is 24.9. The first-order chi connectivity index (χ1) is 28.3. The second-order valence-corrected chi connectivity index (χ2v) is 17.5. The average Bonchev–Trinajstić information content (AvgIpc) is 3.54. The number of alkyl halides is 1. The molecule has 6 rings (SSSR count). The summed E-state index contributed by atoms with van der Waals surface area (Å²) >= 11 is 3.09. The fourth-order valence-electron chi connectivity index (χ4n) is 8.50. The van der Waals surface area contributed by atoms with E-state index >= 15 is 0 Å². The number of hydrogen-bond acceptors (Lipinski definition) is 12. The van der Waals surface area contributed by atoms with Gasteiger partial charge in [0.2, 0.25) is 0 Å². The van der Waals surface area contributed by atoms with Gasteiger partial charge in [-0.2, -0.15) is 0 Å². The minimum absolute atomic E-state index is 0.153. The summed E-state index contributed by atoms with van der Waals surface area (Å²) in [6.07, 6.45) is 10.3. The monoisotopic (exact) mass is 886 g/mol. The second-order valence-electron chi connectivity index (χ2n) is 16.7. The van der Waals surface area contributed by atoms with E-state index in [4.69, 9.17) is 23.7 Å². The summed E-state index contributed by atoms with van der Waals surface area (Å²) in [4.78, 5) is 51.8. The zero-order valence-electron chi connectivity index (χ0n) is 36.5. The standard InChI is InChI=1S/C23H33NO5.C19H27NO3.C4H7BrO2/c1-16-5-8-18(9-6-16)24-14-23(22(26)28-4,12-11-21(25)27-3)15-29-20-10-7-17(2)13-19(20)24;1-13-4-7-16(8-5-13)20-11-15(19(21)22-3)12-23-18-9-6-14(2)10-17(18)20;1-7-4(6)2-3-5/h7,10,13,16,18H,5-6,8-9,11-12,14-15H2,1-4H3;6,9-10,13,15-16H,4-5,7-8,11-12H2,1-3H3;2-3H2,1H3. The molecule has 2 aromatic carbocycles. The first kappa shape index (κ1) is 47.7. The molecule has 0 spiro atoms. The van der Waals surface area contributed by atoms with Crippen molar-refractivity contribution in [2.45, 2.75) is 110 Å². The molecule has 0 bridgehead atoms. The fraction of sp³-hybridized carbons (Fsp3) is 0.652. The van der Waals surface area contributed by atoms with Crippen molar-refractivity contribution in [1.82, 2.24) is 0 Å². The van der Waals surface area contributed by atoms with E-state index < -0.39 is 5.41 Å². The summed E-state index contributed by atoms with van der Waals surface area (Å²) in [5, 5.41) is 0.680. The Hall–Kier alpha value is -4.00. The highest BCUT2D eigenvalue weighted by atomic mass is 79.9. The SMILES string of the molecule is COC(=O)C1COc2ccc(C)cc2N(C2CCC(C)CC2)C1.COC(=O)CCBr.COC(=O)CCC1(C(=O)OC)COc2ccc(C)cc2N(C2CCC(C)CC2)C1. The Labute approximate surface area is 360 Å². The number of nitrogens with zero attached hydrogens (tertiary/aromatic N) is 2. The number of halogens is 1. The molecule has 4 aliphatic rings. The number of rotatable bonds is 9. The predicted octanol–water partition coefficient (Wildman–Crippen LogP) is 8.39. The molecule has 2 fully saturated rings. The van der Waals surface area contributed by atoms with Crippen LogP contribution in [-0.4, -0.2) is 96.0 Å². The van der Waals surface area contributed by atoms with Crippen LogP contribution in [0.4, 0.5) is 11.4 Å². The van der Waals surface area contributed by atoms with Crippen molar-refractivity contribution in [3.05, 3.63) is 47.5 Å². The number of esters is 4. The lowest BCUT2D eigenvalue weighted by atomic mass is 9.81. The van der Waals surface area contributed by atoms with E-state index in [-0.39, 0.29) is 42.8 Å². The van der Waals surface area contributed by atoms with Crippen molar-refractivity contribution in [2.24, 2.45) is 23.2 Å². The smallest absolute Gasteiger partial charge is 0.317 e. The van der Waals surface area contributed by atoms with Crippen LogP contribution in [-0.2, 0) is 38.1 Å². The summed E-state index contributed by atoms with van der Waals surface area (Å²) < 4.78 is 31.4. The molecule has 12 nitrogen and oxygen atoms in total. The van der Waals surface area contributed by atoms with Crippen molar-refractivity contribution in [2.75, 3.05) is 69.9 Å². The number of benzene rings is 2. The Morgan fingerprint density at radius 1 is 0.695 bits per heavy atom. The average molecular weight is 888 g/mol. The molecule has 2 saturated carbocycles. The van der Waals surface area contributed by atoms with E-state index in [1.165, 1.54) is 72.5 Å². The number of methoxy groups -OCH3 is 4. The van der Waals surface area contributed by atoms with Gasteiger partial charge in [0.1, 0.15) is 36.0 Å². The molecule has 2 aliphatic carbocycles. The first-order valence-electron chi connectivity index (χ1n) is 21.1. The molecule has 328 valence electrons. The Balaban J connectivity index is 0.000000229. The van der Waals surface area contributed by atoms with Crippen LogP contribution in [0, 0.1) is 37.0 Å². The number of hydrogen-bond donors (Lipinski definition) is 0. The highest BCUT2D eigenvalue weighted by Crippen LogP contribution is 2.43. The number of anilines is 2. The third kappa shape index (κ3) is 13.2. The molecule has 0 saturated heterocycles. The number of carbonyl (C=O) groups excluding carboxylic acids is 4. The summed E-state index contributed by atoms with van der Waals surface area (Å²) in [7, 11) is 5.60. The summed E-state index contributed by atoms with van der Waals surface area (Å²) in [6.45, 7) is 10.5. The van der Waals surface area contributed by atoms with Gasteiger partial charge < -0.3 is 38.2 Å². The van der Waals surface area contributed by atoms with Gasteiger partial charge in [-0.05, 0) is 119 Å². The van der Waals surface area contributed by atoms with E-state index in [0.717, 1.165) is 53.1 Å².